The quantitative estimate of drug-likeness (QED) is 0.512. The molecule has 2 unspecified atom stereocenters. The van der Waals surface area contributed by atoms with Crippen molar-refractivity contribution >= 4 is 0 Å². The molecule has 0 aromatic carbocycles. The van der Waals surface area contributed by atoms with Gasteiger partial charge in [0.05, 0.1) is 6.10 Å². The fourth-order valence-electron chi connectivity index (χ4n) is 1.54. The summed E-state index contributed by atoms with van der Waals surface area (Å²) in [4.78, 5) is 2.05. The summed E-state index contributed by atoms with van der Waals surface area (Å²) in [6.07, 6.45) is 0.511. The van der Waals surface area contributed by atoms with Gasteiger partial charge in [0, 0.05) is 19.7 Å². The first-order valence-electron chi connectivity index (χ1n) is 3.70. The van der Waals surface area contributed by atoms with E-state index in [1.54, 1.807) is 0 Å². The Kier molecular flexibility index (Phi) is 2.65. The van der Waals surface area contributed by atoms with E-state index >= 15 is 0 Å². The van der Waals surface area contributed by atoms with Crippen LogP contribution in [0.15, 0.2) is 0 Å². The zero-order valence-corrected chi connectivity index (χ0v) is 6.32. The van der Waals surface area contributed by atoms with E-state index in [2.05, 4.69) is 4.90 Å². The second-order valence-electron chi connectivity index (χ2n) is 3.16. The number of piperidine rings is 1. The highest BCUT2D eigenvalue weighted by Crippen LogP contribution is 2.14. The molecule has 1 aliphatic rings. The molecule has 3 heteroatoms. The number of rotatable bonds is 1. The molecule has 0 amide bonds. The Balaban J connectivity index is 2.35. The molecule has 0 bridgehead atoms. The van der Waals surface area contributed by atoms with Crippen LogP contribution in [0, 0.1) is 5.92 Å². The van der Waals surface area contributed by atoms with Crippen LogP contribution in [0.2, 0.25) is 0 Å². The fraction of sp³-hybridized carbons (Fsp3) is 1.00. The van der Waals surface area contributed by atoms with E-state index in [1.807, 2.05) is 7.05 Å². The number of aliphatic hydroxyl groups is 2. The number of nitrogens with zero attached hydrogens (tertiary/aromatic N) is 1. The van der Waals surface area contributed by atoms with E-state index in [1.165, 1.54) is 0 Å². The second kappa shape index (κ2) is 3.32. The van der Waals surface area contributed by atoms with Crippen LogP contribution >= 0.6 is 0 Å². The van der Waals surface area contributed by atoms with Gasteiger partial charge in [-0.3, -0.25) is 0 Å². The predicted molar refractivity (Wildman–Crippen MR) is 38.7 cm³/mol. The van der Waals surface area contributed by atoms with Crippen molar-refractivity contribution in [1.82, 2.24) is 4.90 Å². The molecule has 2 atom stereocenters. The maximum Gasteiger partial charge on any atom is 0.0671 e. The third-order valence-electron chi connectivity index (χ3n) is 1.96. The monoisotopic (exact) mass is 145 g/mol. The minimum atomic E-state index is -0.240. The van der Waals surface area contributed by atoms with Gasteiger partial charge in [0.15, 0.2) is 0 Å². The van der Waals surface area contributed by atoms with Gasteiger partial charge in [-0.05, 0) is 19.4 Å². The van der Waals surface area contributed by atoms with Gasteiger partial charge in [0.1, 0.15) is 0 Å². The van der Waals surface area contributed by atoms with E-state index < -0.39 is 0 Å². The van der Waals surface area contributed by atoms with Gasteiger partial charge in [-0.2, -0.15) is 0 Å². The standard InChI is InChI=1S/C7H15NO2/c1-8-3-6(5-9)2-7(10)4-8/h6-7,9-10H,2-5H2,1H3. The average Bonchev–Trinajstić information content (AvgIpc) is 1.85. The Morgan fingerprint density at radius 1 is 1.50 bits per heavy atom. The fourth-order valence-corrected chi connectivity index (χ4v) is 1.54. The number of hydrogen-bond donors (Lipinski definition) is 2. The molecule has 0 aliphatic carbocycles. The largest absolute Gasteiger partial charge is 0.396 e. The van der Waals surface area contributed by atoms with Crippen molar-refractivity contribution in [3.05, 3.63) is 0 Å². The Hall–Kier alpha value is -0.120. The molecule has 0 saturated carbocycles. The molecular formula is C7H15NO2. The Labute approximate surface area is 61.3 Å². The number of hydrogen-bond acceptors (Lipinski definition) is 3. The molecule has 1 rings (SSSR count). The van der Waals surface area contributed by atoms with E-state index in [0.717, 1.165) is 19.5 Å². The van der Waals surface area contributed by atoms with Gasteiger partial charge in [-0.25, -0.2) is 0 Å². The van der Waals surface area contributed by atoms with Gasteiger partial charge in [0.25, 0.3) is 0 Å². The third kappa shape index (κ3) is 1.94. The van der Waals surface area contributed by atoms with Crippen LogP contribution in [0.4, 0.5) is 0 Å². The van der Waals surface area contributed by atoms with Gasteiger partial charge >= 0.3 is 0 Å². The van der Waals surface area contributed by atoms with Gasteiger partial charge in [-0.1, -0.05) is 0 Å². The number of aliphatic hydroxyl groups excluding tert-OH is 2. The maximum atomic E-state index is 9.23. The highest BCUT2D eigenvalue weighted by molar-refractivity contribution is 4.75. The van der Waals surface area contributed by atoms with Crippen molar-refractivity contribution in [3.63, 3.8) is 0 Å². The smallest absolute Gasteiger partial charge is 0.0671 e. The molecule has 1 saturated heterocycles. The molecule has 0 radical (unpaired) electrons. The third-order valence-corrected chi connectivity index (χ3v) is 1.96. The van der Waals surface area contributed by atoms with Crippen molar-refractivity contribution in [2.24, 2.45) is 5.92 Å². The Bertz CT molecular complexity index is 97.8. The highest BCUT2D eigenvalue weighted by atomic mass is 16.3. The van der Waals surface area contributed by atoms with E-state index in [9.17, 15) is 5.11 Å². The van der Waals surface area contributed by atoms with Crippen LogP contribution in [0.25, 0.3) is 0 Å². The first-order chi connectivity index (χ1) is 4.72. The maximum absolute atomic E-state index is 9.23. The lowest BCUT2D eigenvalue weighted by Gasteiger charge is -2.31. The SMILES string of the molecule is CN1CC(O)CC(CO)C1. The zero-order chi connectivity index (χ0) is 7.56. The van der Waals surface area contributed by atoms with E-state index in [-0.39, 0.29) is 18.6 Å². The molecule has 60 valence electrons. The molecule has 3 nitrogen and oxygen atoms in total. The van der Waals surface area contributed by atoms with Crippen LogP contribution in [-0.4, -0.2) is 48.0 Å². The van der Waals surface area contributed by atoms with Crippen molar-refractivity contribution in [1.29, 1.82) is 0 Å². The van der Waals surface area contributed by atoms with Crippen molar-refractivity contribution in [2.75, 3.05) is 26.7 Å². The predicted octanol–water partition coefficient (Wildman–Crippen LogP) is -0.709. The summed E-state index contributed by atoms with van der Waals surface area (Å²) in [6, 6.07) is 0. The first kappa shape index (κ1) is 7.98. The average molecular weight is 145 g/mol. The molecule has 1 heterocycles. The van der Waals surface area contributed by atoms with Crippen LogP contribution in [0.5, 0.6) is 0 Å². The zero-order valence-electron chi connectivity index (χ0n) is 6.32. The molecule has 0 aromatic heterocycles. The summed E-state index contributed by atoms with van der Waals surface area (Å²) >= 11 is 0. The summed E-state index contributed by atoms with van der Waals surface area (Å²) in [5, 5.41) is 18.0. The van der Waals surface area contributed by atoms with E-state index in [0.29, 0.717) is 0 Å². The van der Waals surface area contributed by atoms with Crippen LogP contribution in [0.1, 0.15) is 6.42 Å². The summed E-state index contributed by atoms with van der Waals surface area (Å²) in [7, 11) is 1.96. The Morgan fingerprint density at radius 3 is 2.70 bits per heavy atom. The molecular weight excluding hydrogens is 130 g/mol. The number of likely N-dealkylation sites (N-methyl/N-ethyl adjacent to an activating group) is 1. The Morgan fingerprint density at radius 2 is 2.20 bits per heavy atom. The molecule has 2 N–H and O–H groups in total. The molecule has 1 fully saturated rings. The van der Waals surface area contributed by atoms with Gasteiger partial charge in [-0.15, -0.1) is 0 Å². The lowest BCUT2D eigenvalue weighted by atomic mass is 9.97. The van der Waals surface area contributed by atoms with Gasteiger partial charge < -0.3 is 15.1 Å². The summed E-state index contributed by atoms with van der Waals surface area (Å²) in [5.74, 6) is 0.272. The van der Waals surface area contributed by atoms with E-state index in [4.69, 9.17) is 5.11 Å². The second-order valence-corrected chi connectivity index (χ2v) is 3.16. The van der Waals surface area contributed by atoms with Gasteiger partial charge in [0.2, 0.25) is 0 Å². The molecule has 1 aliphatic heterocycles. The minimum Gasteiger partial charge on any atom is -0.396 e. The highest BCUT2D eigenvalue weighted by Gasteiger charge is 2.22. The van der Waals surface area contributed by atoms with Crippen molar-refractivity contribution in [2.45, 2.75) is 12.5 Å². The molecule has 0 spiro atoms. The van der Waals surface area contributed by atoms with Crippen LogP contribution in [-0.2, 0) is 0 Å². The van der Waals surface area contributed by atoms with Crippen LogP contribution in [0.3, 0.4) is 0 Å². The normalized spacial score (nSPS) is 36.3. The summed E-state index contributed by atoms with van der Waals surface area (Å²) in [5.41, 5.74) is 0. The topological polar surface area (TPSA) is 43.7 Å². The lowest BCUT2D eigenvalue weighted by Crippen LogP contribution is -2.41. The summed E-state index contributed by atoms with van der Waals surface area (Å²) in [6.45, 7) is 1.85. The molecule has 10 heavy (non-hydrogen) atoms. The number of likely N-dealkylation sites (tertiary alicyclic amines) is 1. The first-order valence-corrected chi connectivity index (χ1v) is 3.70. The summed E-state index contributed by atoms with van der Waals surface area (Å²) < 4.78 is 0. The van der Waals surface area contributed by atoms with Crippen LogP contribution < -0.4 is 0 Å². The van der Waals surface area contributed by atoms with Crippen molar-refractivity contribution < 1.29 is 10.2 Å². The minimum absolute atomic E-state index is 0.196. The lowest BCUT2D eigenvalue weighted by molar-refractivity contribution is 0.0328. The van der Waals surface area contributed by atoms with Crippen molar-refractivity contribution in [3.8, 4) is 0 Å². The molecule has 0 aromatic rings. The number of β-amino-alcohol motifs (C(OH)–C–C–N with tert-alkyl or cyclic N) is 1.